The molecule has 1 atom stereocenters. The smallest absolute Gasteiger partial charge is 0.0133 e. The molecule has 0 amide bonds. The Morgan fingerprint density at radius 3 is 2.74 bits per heavy atom. The molecular weight excluding hydrogens is 228 g/mol. The van der Waals surface area contributed by atoms with E-state index >= 15 is 0 Å². The molecule has 0 N–H and O–H groups in total. The second-order valence-corrected chi connectivity index (χ2v) is 5.68. The molecule has 1 aliphatic rings. The highest BCUT2D eigenvalue weighted by Gasteiger charge is 2.07. The van der Waals surface area contributed by atoms with Crippen LogP contribution in [0.4, 0.5) is 0 Å². The van der Waals surface area contributed by atoms with Crippen molar-refractivity contribution in [1.29, 1.82) is 0 Å². The third-order valence-electron chi connectivity index (χ3n) is 3.52. The molecule has 0 fully saturated rings. The predicted molar refractivity (Wildman–Crippen MR) is 87.2 cm³/mol. The van der Waals surface area contributed by atoms with Crippen molar-refractivity contribution in [3.05, 3.63) is 58.7 Å². The molecule has 0 heterocycles. The van der Waals surface area contributed by atoms with Gasteiger partial charge < -0.3 is 0 Å². The molecule has 0 saturated carbocycles. The van der Waals surface area contributed by atoms with E-state index in [0.717, 1.165) is 19.3 Å². The quantitative estimate of drug-likeness (QED) is 0.518. The van der Waals surface area contributed by atoms with Crippen LogP contribution in [0.1, 0.15) is 53.9 Å². The maximum absolute atomic E-state index is 2.36. The van der Waals surface area contributed by atoms with Crippen LogP contribution in [0.5, 0.6) is 0 Å². The molecule has 104 valence electrons. The van der Waals surface area contributed by atoms with Crippen molar-refractivity contribution in [2.45, 2.75) is 53.9 Å². The standard InChI is InChI=1S/C19H28/c1-6-8-15(2)9-7-10-18(5)19-13-16(3)11-12-17(4)14-19/h7-9,11,13-14,18H,6,10,12H2,1-5H3/b9-7-,15-8-. The van der Waals surface area contributed by atoms with Gasteiger partial charge in [-0.05, 0) is 51.5 Å². The summed E-state index contributed by atoms with van der Waals surface area (Å²) in [6.45, 7) is 11.1. The molecule has 0 nitrogen and oxygen atoms in total. The van der Waals surface area contributed by atoms with Crippen molar-refractivity contribution in [1.82, 2.24) is 0 Å². The van der Waals surface area contributed by atoms with Gasteiger partial charge in [0.1, 0.15) is 0 Å². The molecule has 19 heavy (non-hydrogen) atoms. The van der Waals surface area contributed by atoms with Crippen molar-refractivity contribution in [2.24, 2.45) is 5.92 Å². The lowest BCUT2D eigenvalue weighted by Crippen LogP contribution is -1.96. The summed E-state index contributed by atoms with van der Waals surface area (Å²) < 4.78 is 0. The van der Waals surface area contributed by atoms with E-state index < -0.39 is 0 Å². The van der Waals surface area contributed by atoms with E-state index in [1.54, 1.807) is 0 Å². The van der Waals surface area contributed by atoms with E-state index in [0.29, 0.717) is 5.92 Å². The van der Waals surface area contributed by atoms with Crippen LogP contribution in [0.3, 0.4) is 0 Å². The fourth-order valence-corrected chi connectivity index (χ4v) is 2.30. The molecule has 0 spiro atoms. The van der Waals surface area contributed by atoms with E-state index in [1.807, 2.05) is 0 Å². The second-order valence-electron chi connectivity index (χ2n) is 5.68. The van der Waals surface area contributed by atoms with E-state index in [4.69, 9.17) is 0 Å². The lowest BCUT2D eigenvalue weighted by atomic mass is 9.94. The maximum Gasteiger partial charge on any atom is -0.0133 e. The Kier molecular flexibility index (Phi) is 6.62. The first-order chi connectivity index (χ1) is 9.02. The molecular formula is C19H28. The first-order valence-electron chi connectivity index (χ1n) is 7.41. The highest BCUT2D eigenvalue weighted by molar-refractivity contribution is 5.37. The summed E-state index contributed by atoms with van der Waals surface area (Å²) in [5.74, 6) is 0.585. The monoisotopic (exact) mass is 256 g/mol. The molecule has 0 bridgehead atoms. The minimum Gasteiger partial charge on any atom is -0.0837 e. The molecule has 0 aliphatic heterocycles. The summed E-state index contributed by atoms with van der Waals surface area (Å²) >= 11 is 0. The SMILES string of the molecule is CC/C=C(C)\C=C/CC(C)C1=CC(C)=CCC(C)=C1. The number of rotatable bonds is 5. The molecule has 1 aliphatic carbocycles. The normalized spacial score (nSPS) is 18.8. The largest absolute Gasteiger partial charge is 0.0837 e. The Morgan fingerprint density at radius 1 is 1.32 bits per heavy atom. The van der Waals surface area contributed by atoms with Crippen LogP contribution in [0, 0.1) is 5.92 Å². The maximum atomic E-state index is 2.36. The Morgan fingerprint density at radius 2 is 2.05 bits per heavy atom. The Bertz CT molecular complexity index is 439. The summed E-state index contributed by atoms with van der Waals surface area (Å²) in [4.78, 5) is 0. The zero-order chi connectivity index (χ0) is 14.3. The van der Waals surface area contributed by atoms with Gasteiger partial charge in [0.05, 0.1) is 0 Å². The third kappa shape index (κ3) is 5.92. The topological polar surface area (TPSA) is 0 Å². The van der Waals surface area contributed by atoms with Crippen LogP contribution < -0.4 is 0 Å². The first-order valence-corrected chi connectivity index (χ1v) is 7.41. The van der Waals surface area contributed by atoms with Crippen molar-refractivity contribution < 1.29 is 0 Å². The van der Waals surface area contributed by atoms with Gasteiger partial charge in [-0.2, -0.15) is 0 Å². The van der Waals surface area contributed by atoms with Crippen LogP contribution in [0.15, 0.2) is 58.7 Å². The van der Waals surface area contributed by atoms with Gasteiger partial charge in [-0.15, -0.1) is 0 Å². The van der Waals surface area contributed by atoms with Crippen LogP contribution in [-0.4, -0.2) is 0 Å². The van der Waals surface area contributed by atoms with Gasteiger partial charge in [-0.1, -0.05) is 67.0 Å². The minimum absolute atomic E-state index is 0.585. The molecule has 0 aromatic carbocycles. The van der Waals surface area contributed by atoms with Crippen LogP contribution in [-0.2, 0) is 0 Å². The molecule has 1 rings (SSSR count). The van der Waals surface area contributed by atoms with E-state index in [9.17, 15) is 0 Å². The Labute approximate surface area is 119 Å². The summed E-state index contributed by atoms with van der Waals surface area (Å²) in [5.41, 5.74) is 5.68. The number of hydrogen-bond donors (Lipinski definition) is 0. The predicted octanol–water partition coefficient (Wildman–Crippen LogP) is 6.15. The van der Waals surface area contributed by atoms with E-state index in [-0.39, 0.29) is 0 Å². The molecule has 0 radical (unpaired) electrons. The van der Waals surface area contributed by atoms with Crippen LogP contribution >= 0.6 is 0 Å². The zero-order valence-corrected chi connectivity index (χ0v) is 13.2. The molecule has 0 heteroatoms. The summed E-state index contributed by atoms with van der Waals surface area (Å²) in [5, 5.41) is 0. The van der Waals surface area contributed by atoms with Gasteiger partial charge in [-0.25, -0.2) is 0 Å². The number of allylic oxidation sites excluding steroid dienone is 10. The van der Waals surface area contributed by atoms with E-state index in [2.05, 4.69) is 71.1 Å². The lowest BCUT2D eigenvalue weighted by Gasteiger charge is -2.11. The molecule has 0 aromatic rings. The van der Waals surface area contributed by atoms with Crippen molar-refractivity contribution >= 4 is 0 Å². The van der Waals surface area contributed by atoms with Crippen molar-refractivity contribution in [2.75, 3.05) is 0 Å². The lowest BCUT2D eigenvalue weighted by molar-refractivity contribution is 0.710. The first kappa shape index (κ1) is 15.8. The Balaban J connectivity index is 2.67. The van der Waals surface area contributed by atoms with Gasteiger partial charge in [0.25, 0.3) is 0 Å². The fraction of sp³-hybridized carbons (Fsp3) is 0.474. The zero-order valence-electron chi connectivity index (χ0n) is 13.2. The van der Waals surface area contributed by atoms with Crippen molar-refractivity contribution in [3.63, 3.8) is 0 Å². The average molecular weight is 256 g/mol. The molecule has 0 aromatic heterocycles. The molecule has 0 saturated heterocycles. The fourth-order valence-electron chi connectivity index (χ4n) is 2.30. The summed E-state index contributed by atoms with van der Waals surface area (Å²) in [7, 11) is 0. The van der Waals surface area contributed by atoms with Gasteiger partial charge in [0.15, 0.2) is 0 Å². The summed E-state index contributed by atoms with van der Waals surface area (Å²) in [6, 6.07) is 0. The highest BCUT2D eigenvalue weighted by Crippen LogP contribution is 2.24. The third-order valence-corrected chi connectivity index (χ3v) is 3.52. The molecule has 1 unspecified atom stereocenters. The average Bonchev–Trinajstić information content (AvgIpc) is 2.51. The summed E-state index contributed by atoms with van der Waals surface area (Å²) in [6.07, 6.45) is 17.1. The second kappa shape index (κ2) is 7.99. The van der Waals surface area contributed by atoms with Gasteiger partial charge >= 0.3 is 0 Å². The van der Waals surface area contributed by atoms with Gasteiger partial charge in [0, 0.05) is 0 Å². The highest BCUT2D eigenvalue weighted by atomic mass is 14.1. The minimum atomic E-state index is 0.585. The Hall–Kier alpha value is -1.30. The van der Waals surface area contributed by atoms with E-state index in [1.165, 1.54) is 22.3 Å². The number of hydrogen-bond acceptors (Lipinski definition) is 0. The van der Waals surface area contributed by atoms with Crippen molar-refractivity contribution in [3.8, 4) is 0 Å². The van der Waals surface area contributed by atoms with Gasteiger partial charge in [-0.3, -0.25) is 0 Å². The van der Waals surface area contributed by atoms with Gasteiger partial charge in [0.2, 0.25) is 0 Å². The van der Waals surface area contributed by atoms with Crippen LogP contribution in [0.2, 0.25) is 0 Å². The van der Waals surface area contributed by atoms with Crippen LogP contribution in [0.25, 0.3) is 0 Å².